The molecule has 0 spiro atoms. The van der Waals surface area contributed by atoms with Crippen molar-refractivity contribution < 1.29 is 14.3 Å². The van der Waals surface area contributed by atoms with E-state index >= 15 is 0 Å². The molecule has 0 aliphatic rings. The number of carbonyl (C=O) groups excluding carboxylic acids is 1. The van der Waals surface area contributed by atoms with Crippen molar-refractivity contribution in [3.8, 4) is 0 Å². The Kier molecular flexibility index (Phi) is 3.92. The Bertz CT molecular complexity index is 256. The lowest BCUT2D eigenvalue weighted by Gasteiger charge is -2.09. The summed E-state index contributed by atoms with van der Waals surface area (Å²) < 4.78 is 9.80. The Morgan fingerprint density at radius 1 is 1.69 bits per heavy atom. The zero-order valence-electron chi connectivity index (χ0n) is 7.65. The van der Waals surface area contributed by atoms with Crippen molar-refractivity contribution in [3.05, 3.63) is 22.4 Å². The summed E-state index contributed by atoms with van der Waals surface area (Å²) in [5, 5.41) is 1.97. The van der Waals surface area contributed by atoms with Crippen LogP contribution in [0.5, 0.6) is 0 Å². The molecule has 1 atom stereocenters. The van der Waals surface area contributed by atoms with E-state index in [4.69, 9.17) is 4.74 Å². The van der Waals surface area contributed by atoms with Gasteiger partial charge in [0, 0.05) is 4.88 Å². The number of thiophene rings is 1. The summed E-state index contributed by atoms with van der Waals surface area (Å²) in [6, 6.07) is 3.92. The molecule has 13 heavy (non-hydrogen) atoms. The fourth-order valence-corrected chi connectivity index (χ4v) is 1.46. The maximum atomic E-state index is 10.9. The van der Waals surface area contributed by atoms with Gasteiger partial charge in [-0.1, -0.05) is 6.07 Å². The molecule has 1 unspecified atom stereocenters. The Morgan fingerprint density at radius 2 is 2.46 bits per heavy atom. The smallest absolute Gasteiger partial charge is 0.334 e. The Hall–Kier alpha value is -0.870. The van der Waals surface area contributed by atoms with Crippen LogP contribution < -0.4 is 0 Å². The molecule has 0 amide bonds. The van der Waals surface area contributed by atoms with Crippen LogP contribution in [-0.4, -0.2) is 19.2 Å². The lowest BCUT2D eigenvalue weighted by Crippen LogP contribution is -2.21. The van der Waals surface area contributed by atoms with Gasteiger partial charge in [0.25, 0.3) is 0 Å². The zero-order chi connectivity index (χ0) is 9.68. The second kappa shape index (κ2) is 4.99. The lowest BCUT2D eigenvalue weighted by molar-refractivity contribution is -0.153. The van der Waals surface area contributed by atoms with Crippen LogP contribution in [0.15, 0.2) is 17.5 Å². The summed E-state index contributed by atoms with van der Waals surface area (Å²) in [5.74, 6) is -0.337. The molecule has 0 radical (unpaired) electrons. The summed E-state index contributed by atoms with van der Waals surface area (Å²) in [7, 11) is 1.35. The quantitative estimate of drug-likeness (QED) is 0.695. The van der Waals surface area contributed by atoms with Gasteiger partial charge in [-0.2, -0.15) is 0 Å². The summed E-state index contributed by atoms with van der Waals surface area (Å²) in [6.45, 7) is 2.15. The number of methoxy groups -OCH3 is 1. The minimum Gasteiger partial charge on any atom is -0.467 e. The molecule has 0 fully saturated rings. The van der Waals surface area contributed by atoms with E-state index in [1.807, 2.05) is 17.5 Å². The van der Waals surface area contributed by atoms with Gasteiger partial charge >= 0.3 is 5.97 Å². The number of carbonyl (C=O) groups is 1. The normalized spacial score (nSPS) is 12.5. The zero-order valence-corrected chi connectivity index (χ0v) is 8.47. The van der Waals surface area contributed by atoms with Gasteiger partial charge in [-0.25, -0.2) is 4.79 Å². The van der Waals surface area contributed by atoms with Gasteiger partial charge in [0.1, 0.15) is 0 Å². The molecule has 0 aliphatic carbocycles. The first-order valence-corrected chi connectivity index (χ1v) is 4.84. The van der Waals surface area contributed by atoms with Gasteiger partial charge in [-0.05, 0) is 18.4 Å². The van der Waals surface area contributed by atoms with Crippen LogP contribution in [0.25, 0.3) is 0 Å². The van der Waals surface area contributed by atoms with Gasteiger partial charge in [-0.3, -0.25) is 0 Å². The van der Waals surface area contributed by atoms with Crippen molar-refractivity contribution in [2.75, 3.05) is 7.11 Å². The first kappa shape index (κ1) is 10.2. The van der Waals surface area contributed by atoms with Crippen LogP contribution in [0.2, 0.25) is 0 Å². The first-order chi connectivity index (χ1) is 6.24. The second-order valence-corrected chi connectivity index (χ2v) is 3.59. The topological polar surface area (TPSA) is 35.5 Å². The van der Waals surface area contributed by atoms with Gasteiger partial charge in [0.15, 0.2) is 6.10 Å². The minimum atomic E-state index is -0.493. The Balaban J connectivity index is 2.30. The van der Waals surface area contributed by atoms with E-state index in [2.05, 4.69) is 4.74 Å². The maximum absolute atomic E-state index is 10.9. The Morgan fingerprint density at radius 3 is 3.00 bits per heavy atom. The summed E-state index contributed by atoms with van der Waals surface area (Å²) >= 11 is 1.61. The van der Waals surface area contributed by atoms with Gasteiger partial charge < -0.3 is 9.47 Å². The molecular weight excluding hydrogens is 188 g/mol. The van der Waals surface area contributed by atoms with E-state index < -0.39 is 6.10 Å². The third-order valence-corrected chi connectivity index (χ3v) is 2.44. The van der Waals surface area contributed by atoms with E-state index in [-0.39, 0.29) is 5.97 Å². The predicted molar refractivity (Wildman–Crippen MR) is 50.6 cm³/mol. The number of rotatable bonds is 4. The molecule has 1 rings (SSSR count). The molecule has 0 saturated carbocycles. The highest BCUT2D eigenvalue weighted by molar-refractivity contribution is 7.09. The molecule has 0 aromatic carbocycles. The third-order valence-electron chi connectivity index (χ3n) is 1.59. The summed E-state index contributed by atoms with van der Waals surface area (Å²) in [5.41, 5.74) is 0. The molecule has 0 N–H and O–H groups in total. The molecule has 1 heterocycles. The average molecular weight is 200 g/mol. The second-order valence-electron chi connectivity index (χ2n) is 2.56. The van der Waals surface area contributed by atoms with E-state index in [0.717, 1.165) is 4.88 Å². The Labute approximate surface area is 81.3 Å². The van der Waals surface area contributed by atoms with Crippen molar-refractivity contribution in [2.24, 2.45) is 0 Å². The van der Waals surface area contributed by atoms with Crippen molar-refractivity contribution >= 4 is 17.3 Å². The molecule has 3 nitrogen and oxygen atoms in total. The van der Waals surface area contributed by atoms with E-state index in [1.54, 1.807) is 18.3 Å². The highest BCUT2D eigenvalue weighted by atomic mass is 32.1. The molecule has 1 aromatic heterocycles. The summed E-state index contributed by atoms with van der Waals surface area (Å²) in [6.07, 6.45) is -0.493. The van der Waals surface area contributed by atoms with E-state index in [1.165, 1.54) is 7.11 Å². The highest BCUT2D eigenvalue weighted by Gasteiger charge is 2.13. The van der Waals surface area contributed by atoms with E-state index in [0.29, 0.717) is 6.61 Å². The standard InChI is InChI=1S/C9H12O3S/c1-7(9(10)11-2)12-6-8-4-3-5-13-8/h3-5,7H,6H2,1-2H3. The molecule has 72 valence electrons. The third kappa shape index (κ3) is 3.16. The summed E-state index contributed by atoms with van der Waals surface area (Å²) in [4.78, 5) is 12.0. The molecular formula is C9H12O3S. The molecule has 1 aromatic rings. The fourth-order valence-electron chi connectivity index (χ4n) is 0.836. The first-order valence-electron chi connectivity index (χ1n) is 3.96. The van der Waals surface area contributed by atoms with Crippen LogP contribution in [-0.2, 0) is 20.9 Å². The van der Waals surface area contributed by atoms with Crippen LogP contribution in [0, 0.1) is 0 Å². The maximum Gasteiger partial charge on any atom is 0.334 e. The number of hydrogen-bond donors (Lipinski definition) is 0. The minimum absolute atomic E-state index is 0.337. The number of ether oxygens (including phenoxy) is 2. The van der Waals surface area contributed by atoms with Crippen molar-refractivity contribution in [1.29, 1.82) is 0 Å². The van der Waals surface area contributed by atoms with Crippen LogP contribution in [0.3, 0.4) is 0 Å². The highest BCUT2D eigenvalue weighted by Crippen LogP contribution is 2.10. The van der Waals surface area contributed by atoms with Crippen LogP contribution >= 0.6 is 11.3 Å². The average Bonchev–Trinajstić information content (AvgIpc) is 2.65. The van der Waals surface area contributed by atoms with Gasteiger partial charge in [-0.15, -0.1) is 11.3 Å². The van der Waals surface area contributed by atoms with Crippen molar-refractivity contribution in [2.45, 2.75) is 19.6 Å². The molecule has 0 saturated heterocycles. The van der Waals surface area contributed by atoms with Crippen molar-refractivity contribution in [1.82, 2.24) is 0 Å². The fraction of sp³-hybridized carbons (Fsp3) is 0.444. The molecule has 0 aliphatic heterocycles. The number of hydrogen-bond acceptors (Lipinski definition) is 4. The van der Waals surface area contributed by atoms with Crippen molar-refractivity contribution in [3.63, 3.8) is 0 Å². The van der Waals surface area contributed by atoms with Crippen LogP contribution in [0.1, 0.15) is 11.8 Å². The largest absolute Gasteiger partial charge is 0.467 e. The van der Waals surface area contributed by atoms with Gasteiger partial charge in [0.2, 0.25) is 0 Å². The molecule has 4 heteroatoms. The number of esters is 1. The monoisotopic (exact) mass is 200 g/mol. The van der Waals surface area contributed by atoms with Gasteiger partial charge in [0.05, 0.1) is 13.7 Å². The lowest BCUT2D eigenvalue weighted by atomic mass is 10.4. The molecule has 0 bridgehead atoms. The predicted octanol–water partition coefficient (Wildman–Crippen LogP) is 1.83. The SMILES string of the molecule is COC(=O)C(C)OCc1cccs1. The van der Waals surface area contributed by atoms with E-state index in [9.17, 15) is 4.79 Å². The van der Waals surface area contributed by atoms with Crippen LogP contribution in [0.4, 0.5) is 0 Å².